The molecule has 1 heterocycles. The van der Waals surface area contributed by atoms with Crippen molar-refractivity contribution < 1.29 is 13.6 Å². The Hall–Kier alpha value is -2.31. The molecule has 28 heavy (non-hydrogen) atoms. The molecule has 1 aliphatic heterocycles. The van der Waals surface area contributed by atoms with Crippen molar-refractivity contribution in [1.29, 1.82) is 0 Å². The van der Waals surface area contributed by atoms with E-state index in [1.54, 1.807) is 24.3 Å². The normalized spacial score (nSPS) is 18.4. The molecule has 0 aromatic heterocycles. The Labute approximate surface area is 164 Å². The van der Waals surface area contributed by atoms with Crippen molar-refractivity contribution in [2.24, 2.45) is 0 Å². The van der Waals surface area contributed by atoms with Crippen LogP contribution in [0, 0.1) is 11.6 Å². The maximum atomic E-state index is 13.4. The van der Waals surface area contributed by atoms with E-state index >= 15 is 0 Å². The number of piperazine rings is 1. The first-order valence-corrected chi connectivity index (χ1v) is 9.85. The zero-order chi connectivity index (χ0) is 19.5. The molecule has 1 aliphatic carbocycles. The Morgan fingerprint density at radius 2 is 1.39 bits per heavy atom. The van der Waals surface area contributed by atoms with Crippen LogP contribution >= 0.6 is 0 Å². The lowest BCUT2D eigenvalue weighted by Crippen LogP contribution is -2.50. The molecule has 1 amide bonds. The van der Waals surface area contributed by atoms with Gasteiger partial charge in [-0.3, -0.25) is 14.6 Å². The summed E-state index contributed by atoms with van der Waals surface area (Å²) in [6, 6.07) is 13.3. The minimum atomic E-state index is -0.270. The van der Waals surface area contributed by atoms with Crippen LogP contribution in [0.4, 0.5) is 8.78 Å². The van der Waals surface area contributed by atoms with Gasteiger partial charge in [-0.15, -0.1) is 0 Å². The van der Waals surface area contributed by atoms with E-state index in [2.05, 4.69) is 15.1 Å². The topological polar surface area (TPSA) is 35.6 Å². The van der Waals surface area contributed by atoms with Crippen molar-refractivity contribution in [3.8, 4) is 0 Å². The number of halogens is 2. The van der Waals surface area contributed by atoms with Gasteiger partial charge >= 0.3 is 0 Å². The lowest BCUT2D eigenvalue weighted by atomic mass is 9.96. The lowest BCUT2D eigenvalue weighted by Gasteiger charge is -2.39. The maximum absolute atomic E-state index is 13.4. The Balaban J connectivity index is 1.45. The summed E-state index contributed by atoms with van der Waals surface area (Å²) >= 11 is 0. The zero-order valence-corrected chi connectivity index (χ0v) is 15.8. The first-order valence-electron chi connectivity index (χ1n) is 9.85. The molecule has 1 saturated heterocycles. The molecule has 0 spiro atoms. The second-order valence-electron chi connectivity index (χ2n) is 7.66. The molecule has 2 fully saturated rings. The summed E-state index contributed by atoms with van der Waals surface area (Å²) in [5, 5.41) is 3.03. The van der Waals surface area contributed by atoms with Crippen molar-refractivity contribution in [2.45, 2.75) is 24.9 Å². The fourth-order valence-electron chi connectivity index (χ4n) is 3.79. The van der Waals surface area contributed by atoms with Crippen molar-refractivity contribution in [3.05, 3.63) is 71.3 Å². The molecule has 2 aromatic carbocycles. The highest BCUT2D eigenvalue weighted by atomic mass is 19.1. The first-order chi connectivity index (χ1) is 13.6. The van der Waals surface area contributed by atoms with Gasteiger partial charge in [0.15, 0.2) is 0 Å². The molecule has 0 atom stereocenters. The molecule has 2 aliphatic rings. The minimum absolute atomic E-state index is 0.0661. The highest BCUT2D eigenvalue weighted by Crippen LogP contribution is 2.30. The number of carbonyl (C=O) groups excluding carboxylic acids is 1. The van der Waals surface area contributed by atoms with Crippen molar-refractivity contribution in [1.82, 2.24) is 15.1 Å². The molecule has 0 radical (unpaired) electrons. The van der Waals surface area contributed by atoms with Gasteiger partial charge in [0, 0.05) is 32.2 Å². The summed E-state index contributed by atoms with van der Waals surface area (Å²) in [7, 11) is 0. The monoisotopic (exact) mass is 385 g/mol. The van der Waals surface area contributed by atoms with Gasteiger partial charge in [-0.2, -0.15) is 0 Å². The van der Waals surface area contributed by atoms with Crippen molar-refractivity contribution in [2.75, 3.05) is 32.7 Å². The van der Waals surface area contributed by atoms with Gasteiger partial charge in [-0.25, -0.2) is 8.78 Å². The number of hydrogen-bond acceptors (Lipinski definition) is 3. The number of amides is 1. The molecular formula is C22H25F2N3O. The Bertz CT molecular complexity index is 752. The molecule has 148 valence electrons. The quantitative estimate of drug-likeness (QED) is 0.831. The molecule has 1 saturated carbocycles. The summed E-state index contributed by atoms with van der Waals surface area (Å²) in [5.74, 6) is -0.439. The van der Waals surface area contributed by atoms with E-state index in [9.17, 15) is 13.6 Å². The van der Waals surface area contributed by atoms with E-state index in [0.717, 1.165) is 50.1 Å². The van der Waals surface area contributed by atoms with Gasteiger partial charge in [0.05, 0.1) is 12.6 Å². The minimum Gasteiger partial charge on any atom is -0.352 e. The second kappa shape index (κ2) is 8.37. The summed E-state index contributed by atoms with van der Waals surface area (Å²) in [6.07, 6.45) is 2.19. The van der Waals surface area contributed by atoms with E-state index in [0.29, 0.717) is 12.6 Å². The highest BCUT2D eigenvalue weighted by Gasteiger charge is 2.28. The predicted octanol–water partition coefficient (Wildman–Crippen LogP) is 2.95. The van der Waals surface area contributed by atoms with Gasteiger partial charge in [0.1, 0.15) is 11.6 Å². The van der Waals surface area contributed by atoms with E-state index in [1.165, 1.54) is 24.3 Å². The second-order valence-corrected chi connectivity index (χ2v) is 7.66. The number of nitrogens with zero attached hydrogens (tertiary/aromatic N) is 2. The molecule has 1 N–H and O–H groups in total. The summed E-state index contributed by atoms with van der Waals surface area (Å²) in [6.45, 7) is 3.59. The first kappa shape index (κ1) is 19.0. The predicted molar refractivity (Wildman–Crippen MR) is 104 cm³/mol. The van der Waals surface area contributed by atoms with Crippen LogP contribution in [0.15, 0.2) is 48.5 Å². The summed E-state index contributed by atoms with van der Waals surface area (Å²) in [5.41, 5.74) is 1.96. The maximum Gasteiger partial charge on any atom is 0.234 e. The molecule has 0 unspecified atom stereocenters. The van der Waals surface area contributed by atoms with E-state index in [-0.39, 0.29) is 23.6 Å². The van der Waals surface area contributed by atoms with Gasteiger partial charge in [0.25, 0.3) is 0 Å². The summed E-state index contributed by atoms with van der Waals surface area (Å²) < 4.78 is 26.8. The highest BCUT2D eigenvalue weighted by molar-refractivity contribution is 5.78. The largest absolute Gasteiger partial charge is 0.352 e. The lowest BCUT2D eigenvalue weighted by molar-refractivity contribution is -0.122. The standard InChI is InChI=1S/C22H25F2N3O/c23-18-5-1-16(2-6-18)22(17-3-7-19(24)8-4-17)27-13-11-26(12-14-27)15-21(28)25-20-9-10-20/h1-8,20,22H,9-15H2,(H,25,28). The third-order valence-electron chi connectivity index (χ3n) is 5.45. The Morgan fingerprint density at radius 1 is 0.893 bits per heavy atom. The smallest absolute Gasteiger partial charge is 0.234 e. The van der Waals surface area contributed by atoms with E-state index in [1.807, 2.05) is 0 Å². The molecule has 6 heteroatoms. The van der Waals surface area contributed by atoms with Crippen molar-refractivity contribution >= 4 is 5.91 Å². The number of rotatable bonds is 6. The van der Waals surface area contributed by atoms with E-state index < -0.39 is 0 Å². The van der Waals surface area contributed by atoms with Gasteiger partial charge in [-0.1, -0.05) is 24.3 Å². The number of carbonyl (C=O) groups is 1. The van der Waals surface area contributed by atoms with Crippen LogP contribution in [0.3, 0.4) is 0 Å². The molecule has 0 bridgehead atoms. The van der Waals surface area contributed by atoms with Crippen LogP contribution in [0.1, 0.15) is 30.0 Å². The number of nitrogens with one attached hydrogen (secondary N) is 1. The average molecular weight is 385 g/mol. The van der Waals surface area contributed by atoms with Crippen LogP contribution < -0.4 is 5.32 Å². The van der Waals surface area contributed by atoms with E-state index in [4.69, 9.17) is 0 Å². The third-order valence-corrected chi connectivity index (χ3v) is 5.45. The van der Waals surface area contributed by atoms with Crippen LogP contribution in [-0.2, 0) is 4.79 Å². The van der Waals surface area contributed by atoms with Crippen LogP contribution in [0.2, 0.25) is 0 Å². The van der Waals surface area contributed by atoms with Crippen LogP contribution in [0.25, 0.3) is 0 Å². The van der Waals surface area contributed by atoms with Crippen LogP contribution in [-0.4, -0.2) is 54.5 Å². The third kappa shape index (κ3) is 4.75. The molecular weight excluding hydrogens is 360 g/mol. The summed E-state index contributed by atoms with van der Waals surface area (Å²) in [4.78, 5) is 16.5. The van der Waals surface area contributed by atoms with Gasteiger partial charge in [0.2, 0.25) is 5.91 Å². The molecule has 4 rings (SSSR count). The average Bonchev–Trinajstić information content (AvgIpc) is 3.50. The fourth-order valence-corrected chi connectivity index (χ4v) is 3.79. The van der Waals surface area contributed by atoms with Crippen molar-refractivity contribution in [3.63, 3.8) is 0 Å². The Kier molecular flexibility index (Phi) is 5.69. The fraction of sp³-hybridized carbons (Fsp3) is 0.409. The van der Waals surface area contributed by atoms with Gasteiger partial charge < -0.3 is 5.32 Å². The SMILES string of the molecule is O=C(CN1CCN(C(c2ccc(F)cc2)c2ccc(F)cc2)CC1)NC1CC1. The van der Waals surface area contributed by atoms with Gasteiger partial charge in [-0.05, 0) is 48.2 Å². The number of benzene rings is 2. The Morgan fingerprint density at radius 3 is 1.86 bits per heavy atom. The molecule has 4 nitrogen and oxygen atoms in total. The number of hydrogen-bond donors (Lipinski definition) is 1. The van der Waals surface area contributed by atoms with Crippen LogP contribution in [0.5, 0.6) is 0 Å². The molecule has 2 aromatic rings. The zero-order valence-electron chi connectivity index (χ0n) is 15.8.